The van der Waals surface area contributed by atoms with Crippen LogP contribution in [0.2, 0.25) is 0 Å². The zero-order chi connectivity index (χ0) is 11.3. The summed E-state index contributed by atoms with van der Waals surface area (Å²) >= 11 is 3.45. The molecule has 0 amide bonds. The average Bonchev–Trinajstić information content (AvgIpc) is 2.21. The largest absolute Gasteiger partial charge is 0.330 e. The Labute approximate surface area is 101 Å². The van der Waals surface area contributed by atoms with Gasteiger partial charge in [-0.1, -0.05) is 48.3 Å². The number of halogens is 1. The number of benzene rings is 1. The second-order valence-electron chi connectivity index (χ2n) is 4.46. The number of nitrogens with two attached hydrogens (primary N) is 1. The summed E-state index contributed by atoms with van der Waals surface area (Å²) < 4.78 is 1.13. The van der Waals surface area contributed by atoms with Gasteiger partial charge in [0.05, 0.1) is 0 Å². The SMILES string of the molecule is CC(C)CCC(CN)c1ccc(Br)cc1. The first kappa shape index (κ1) is 12.7. The summed E-state index contributed by atoms with van der Waals surface area (Å²) in [5, 5.41) is 0. The smallest absolute Gasteiger partial charge is 0.0175 e. The normalized spacial score (nSPS) is 13.1. The highest BCUT2D eigenvalue weighted by Gasteiger charge is 2.09. The van der Waals surface area contributed by atoms with Crippen LogP contribution in [0.3, 0.4) is 0 Å². The molecule has 0 spiro atoms. The third kappa shape index (κ3) is 4.35. The van der Waals surface area contributed by atoms with Gasteiger partial charge in [-0.25, -0.2) is 0 Å². The van der Waals surface area contributed by atoms with Crippen molar-refractivity contribution in [2.45, 2.75) is 32.6 Å². The zero-order valence-electron chi connectivity index (χ0n) is 9.54. The molecule has 1 nitrogen and oxygen atoms in total. The molecule has 0 radical (unpaired) electrons. The van der Waals surface area contributed by atoms with E-state index in [0.717, 1.165) is 16.9 Å². The van der Waals surface area contributed by atoms with Gasteiger partial charge in [0.25, 0.3) is 0 Å². The molecular formula is C13H20BrN. The molecule has 1 unspecified atom stereocenters. The Morgan fingerprint density at radius 3 is 2.20 bits per heavy atom. The lowest BCUT2D eigenvalue weighted by Gasteiger charge is -2.16. The molecule has 0 aromatic heterocycles. The summed E-state index contributed by atoms with van der Waals surface area (Å²) in [6, 6.07) is 8.52. The highest BCUT2D eigenvalue weighted by atomic mass is 79.9. The maximum atomic E-state index is 5.82. The molecule has 0 saturated heterocycles. The first-order valence-electron chi connectivity index (χ1n) is 5.59. The Bertz CT molecular complexity index is 279. The predicted molar refractivity (Wildman–Crippen MR) is 70.0 cm³/mol. The Morgan fingerprint density at radius 1 is 1.13 bits per heavy atom. The van der Waals surface area contributed by atoms with E-state index in [2.05, 4.69) is 54.0 Å². The lowest BCUT2D eigenvalue weighted by molar-refractivity contribution is 0.503. The van der Waals surface area contributed by atoms with Gasteiger partial charge in [-0.2, -0.15) is 0 Å². The van der Waals surface area contributed by atoms with Crippen molar-refractivity contribution in [3.63, 3.8) is 0 Å². The van der Waals surface area contributed by atoms with Crippen molar-refractivity contribution in [1.82, 2.24) is 0 Å². The van der Waals surface area contributed by atoms with Crippen molar-refractivity contribution in [3.05, 3.63) is 34.3 Å². The minimum atomic E-state index is 0.514. The van der Waals surface area contributed by atoms with Gasteiger partial charge in [0.2, 0.25) is 0 Å². The standard InChI is InChI=1S/C13H20BrN/c1-10(2)3-4-12(9-15)11-5-7-13(14)8-6-11/h5-8,10,12H,3-4,9,15H2,1-2H3. The van der Waals surface area contributed by atoms with E-state index in [4.69, 9.17) is 5.73 Å². The van der Waals surface area contributed by atoms with Gasteiger partial charge in [0.15, 0.2) is 0 Å². The number of rotatable bonds is 5. The van der Waals surface area contributed by atoms with Gasteiger partial charge in [0.1, 0.15) is 0 Å². The van der Waals surface area contributed by atoms with Gasteiger partial charge in [0, 0.05) is 4.47 Å². The highest BCUT2D eigenvalue weighted by Crippen LogP contribution is 2.23. The van der Waals surface area contributed by atoms with Crippen LogP contribution in [0.5, 0.6) is 0 Å². The van der Waals surface area contributed by atoms with Crippen LogP contribution in [0, 0.1) is 5.92 Å². The molecule has 1 aromatic carbocycles. The lowest BCUT2D eigenvalue weighted by Crippen LogP contribution is -2.13. The second-order valence-corrected chi connectivity index (χ2v) is 5.37. The molecule has 0 aliphatic carbocycles. The summed E-state index contributed by atoms with van der Waals surface area (Å²) in [5.41, 5.74) is 7.18. The van der Waals surface area contributed by atoms with E-state index < -0.39 is 0 Å². The van der Waals surface area contributed by atoms with E-state index in [-0.39, 0.29) is 0 Å². The van der Waals surface area contributed by atoms with Crippen LogP contribution >= 0.6 is 15.9 Å². The molecule has 1 rings (SSSR count). The molecule has 0 saturated carbocycles. The van der Waals surface area contributed by atoms with E-state index in [1.807, 2.05) is 0 Å². The van der Waals surface area contributed by atoms with Gasteiger partial charge in [-0.3, -0.25) is 0 Å². The molecule has 2 N–H and O–H groups in total. The van der Waals surface area contributed by atoms with Crippen LogP contribution in [-0.2, 0) is 0 Å². The summed E-state index contributed by atoms with van der Waals surface area (Å²) in [7, 11) is 0. The van der Waals surface area contributed by atoms with E-state index in [0.29, 0.717) is 5.92 Å². The fourth-order valence-electron chi connectivity index (χ4n) is 1.69. The zero-order valence-corrected chi connectivity index (χ0v) is 11.1. The predicted octanol–water partition coefficient (Wildman–Crippen LogP) is 3.93. The second kappa shape index (κ2) is 6.29. The van der Waals surface area contributed by atoms with Gasteiger partial charge < -0.3 is 5.73 Å². The molecule has 84 valence electrons. The molecule has 0 fully saturated rings. The Morgan fingerprint density at radius 2 is 1.73 bits per heavy atom. The molecule has 0 aliphatic rings. The topological polar surface area (TPSA) is 26.0 Å². The summed E-state index contributed by atoms with van der Waals surface area (Å²) in [5.74, 6) is 1.27. The quantitative estimate of drug-likeness (QED) is 0.862. The maximum Gasteiger partial charge on any atom is 0.0175 e. The van der Waals surface area contributed by atoms with Crippen molar-refractivity contribution >= 4 is 15.9 Å². The Balaban J connectivity index is 2.61. The molecule has 2 heteroatoms. The third-order valence-electron chi connectivity index (χ3n) is 2.72. The van der Waals surface area contributed by atoms with Crippen molar-refractivity contribution in [1.29, 1.82) is 0 Å². The van der Waals surface area contributed by atoms with Crippen molar-refractivity contribution < 1.29 is 0 Å². The van der Waals surface area contributed by atoms with Gasteiger partial charge in [-0.15, -0.1) is 0 Å². The molecule has 1 aromatic rings. The summed E-state index contributed by atoms with van der Waals surface area (Å²) in [6.07, 6.45) is 2.44. The van der Waals surface area contributed by atoms with Crippen molar-refractivity contribution in [2.75, 3.05) is 6.54 Å². The first-order valence-corrected chi connectivity index (χ1v) is 6.38. The highest BCUT2D eigenvalue weighted by molar-refractivity contribution is 9.10. The van der Waals surface area contributed by atoms with Crippen LogP contribution in [0.1, 0.15) is 38.2 Å². The third-order valence-corrected chi connectivity index (χ3v) is 3.25. The monoisotopic (exact) mass is 269 g/mol. The van der Waals surface area contributed by atoms with Crippen molar-refractivity contribution in [2.24, 2.45) is 11.7 Å². The molecule has 0 bridgehead atoms. The lowest BCUT2D eigenvalue weighted by atomic mass is 9.91. The van der Waals surface area contributed by atoms with Crippen LogP contribution in [0.4, 0.5) is 0 Å². The van der Waals surface area contributed by atoms with E-state index in [1.54, 1.807) is 0 Å². The first-order chi connectivity index (χ1) is 7.13. The van der Waals surface area contributed by atoms with E-state index >= 15 is 0 Å². The number of hydrogen-bond donors (Lipinski definition) is 1. The van der Waals surface area contributed by atoms with Crippen LogP contribution in [0.25, 0.3) is 0 Å². The maximum absolute atomic E-state index is 5.82. The fourth-order valence-corrected chi connectivity index (χ4v) is 1.95. The Kier molecular flexibility index (Phi) is 5.34. The van der Waals surface area contributed by atoms with Crippen LogP contribution in [-0.4, -0.2) is 6.54 Å². The minimum Gasteiger partial charge on any atom is -0.330 e. The average molecular weight is 270 g/mol. The van der Waals surface area contributed by atoms with Gasteiger partial charge in [-0.05, 0) is 42.5 Å². The van der Waals surface area contributed by atoms with Crippen LogP contribution < -0.4 is 5.73 Å². The summed E-state index contributed by atoms with van der Waals surface area (Å²) in [4.78, 5) is 0. The number of hydrogen-bond acceptors (Lipinski definition) is 1. The van der Waals surface area contributed by atoms with Gasteiger partial charge >= 0.3 is 0 Å². The van der Waals surface area contributed by atoms with Crippen molar-refractivity contribution in [3.8, 4) is 0 Å². The molecule has 15 heavy (non-hydrogen) atoms. The van der Waals surface area contributed by atoms with E-state index in [1.165, 1.54) is 18.4 Å². The molecular weight excluding hydrogens is 250 g/mol. The summed E-state index contributed by atoms with van der Waals surface area (Å²) in [6.45, 7) is 5.26. The molecule has 0 heterocycles. The Hall–Kier alpha value is -0.340. The van der Waals surface area contributed by atoms with E-state index in [9.17, 15) is 0 Å². The molecule has 1 atom stereocenters. The van der Waals surface area contributed by atoms with Crippen LogP contribution in [0.15, 0.2) is 28.7 Å². The fraction of sp³-hybridized carbons (Fsp3) is 0.538. The molecule has 0 aliphatic heterocycles. The minimum absolute atomic E-state index is 0.514.